The van der Waals surface area contributed by atoms with Gasteiger partial charge in [-0.25, -0.2) is 18.2 Å². The molecule has 0 spiro atoms. The highest BCUT2D eigenvalue weighted by molar-refractivity contribution is 7.89. The molecule has 3 N–H and O–H groups in total. The Morgan fingerprint density at radius 1 is 1.17 bits per heavy atom. The molecular formula is C19H14ClN5O3S. The molecule has 29 heavy (non-hydrogen) atoms. The number of nitrogens with zero attached hydrogens (tertiary/aromatic N) is 3. The number of benzene rings is 2. The molecule has 1 amide bonds. The smallest absolute Gasteiger partial charge is 0.266 e. The van der Waals surface area contributed by atoms with Crippen LogP contribution in [0.1, 0.15) is 5.56 Å². The van der Waals surface area contributed by atoms with E-state index in [9.17, 15) is 18.5 Å². The number of sulfonamides is 1. The average molecular weight is 428 g/mol. The standard InChI is InChI=1S/C19H14ClN5O3S/c20-15-1-5-17(6-2-15)25-12-13(11-23-25)9-14(10-21)19(26)24-16-3-7-18(8-4-16)29(22,27)28/h1-9,11-12H,(H,24,26)(H2,22,27,28). The van der Waals surface area contributed by atoms with E-state index >= 15 is 0 Å². The van der Waals surface area contributed by atoms with E-state index in [0.717, 1.165) is 5.69 Å². The third-order valence-corrected chi connectivity index (χ3v) is 4.99. The summed E-state index contributed by atoms with van der Waals surface area (Å²) in [5, 5.41) is 21.7. The summed E-state index contributed by atoms with van der Waals surface area (Å²) in [7, 11) is -3.83. The van der Waals surface area contributed by atoms with Gasteiger partial charge in [0.05, 0.1) is 16.8 Å². The number of amides is 1. The van der Waals surface area contributed by atoms with Gasteiger partial charge in [0.25, 0.3) is 5.91 Å². The van der Waals surface area contributed by atoms with Crippen molar-refractivity contribution in [1.82, 2.24) is 9.78 Å². The molecule has 0 aliphatic heterocycles. The van der Waals surface area contributed by atoms with Crippen molar-refractivity contribution in [2.45, 2.75) is 4.90 Å². The first kappa shape index (κ1) is 20.3. The molecule has 1 aromatic heterocycles. The van der Waals surface area contributed by atoms with Crippen LogP contribution >= 0.6 is 11.6 Å². The Morgan fingerprint density at radius 3 is 2.41 bits per heavy atom. The summed E-state index contributed by atoms with van der Waals surface area (Å²) < 4.78 is 24.1. The van der Waals surface area contributed by atoms with Gasteiger partial charge in [0.15, 0.2) is 0 Å². The van der Waals surface area contributed by atoms with E-state index in [4.69, 9.17) is 16.7 Å². The maximum absolute atomic E-state index is 12.4. The van der Waals surface area contributed by atoms with Gasteiger partial charge in [-0.15, -0.1) is 0 Å². The Morgan fingerprint density at radius 2 is 1.83 bits per heavy atom. The SMILES string of the molecule is N#CC(=Cc1cnn(-c2ccc(Cl)cc2)c1)C(=O)Nc1ccc(S(N)(=O)=O)cc1. The molecular weight excluding hydrogens is 414 g/mol. The summed E-state index contributed by atoms with van der Waals surface area (Å²) in [5.74, 6) is -0.643. The molecule has 1 heterocycles. The molecule has 0 aliphatic carbocycles. The Bertz CT molecular complexity index is 1220. The number of nitrogens with one attached hydrogen (secondary N) is 1. The maximum Gasteiger partial charge on any atom is 0.266 e. The quantitative estimate of drug-likeness (QED) is 0.477. The Balaban J connectivity index is 1.77. The van der Waals surface area contributed by atoms with Crippen LogP contribution in [0.4, 0.5) is 5.69 Å². The van der Waals surface area contributed by atoms with Crippen molar-refractivity contribution in [2.75, 3.05) is 5.32 Å². The van der Waals surface area contributed by atoms with E-state index < -0.39 is 15.9 Å². The Labute approximate surface area is 171 Å². The van der Waals surface area contributed by atoms with Crippen LogP contribution in [0.25, 0.3) is 11.8 Å². The van der Waals surface area contributed by atoms with E-state index in [-0.39, 0.29) is 10.5 Å². The number of anilines is 1. The fourth-order valence-electron chi connectivity index (χ4n) is 2.39. The molecule has 0 aliphatic rings. The average Bonchev–Trinajstić information content (AvgIpc) is 3.15. The first-order valence-electron chi connectivity index (χ1n) is 8.13. The zero-order chi connectivity index (χ0) is 21.0. The van der Waals surface area contributed by atoms with Crippen molar-refractivity contribution in [3.8, 4) is 11.8 Å². The minimum atomic E-state index is -3.83. The number of carbonyl (C=O) groups excluding carboxylic acids is 1. The lowest BCUT2D eigenvalue weighted by Gasteiger charge is -2.05. The molecule has 0 fully saturated rings. The van der Waals surface area contributed by atoms with E-state index in [1.54, 1.807) is 35.1 Å². The second kappa shape index (κ2) is 8.28. The number of nitrogens with two attached hydrogens (primary N) is 1. The summed E-state index contributed by atoms with van der Waals surface area (Å²) in [6, 6.07) is 14.1. The lowest BCUT2D eigenvalue weighted by molar-refractivity contribution is -0.112. The van der Waals surface area contributed by atoms with Crippen molar-refractivity contribution in [1.29, 1.82) is 5.26 Å². The van der Waals surface area contributed by atoms with Gasteiger partial charge in [-0.1, -0.05) is 11.6 Å². The molecule has 0 radical (unpaired) electrons. The van der Waals surface area contributed by atoms with Crippen LogP contribution in [-0.4, -0.2) is 24.1 Å². The number of aromatic nitrogens is 2. The lowest BCUT2D eigenvalue weighted by Crippen LogP contribution is -2.14. The van der Waals surface area contributed by atoms with Gasteiger partial charge in [-0.05, 0) is 54.6 Å². The highest BCUT2D eigenvalue weighted by atomic mass is 35.5. The summed E-state index contributed by atoms with van der Waals surface area (Å²) in [4.78, 5) is 12.3. The second-order valence-corrected chi connectivity index (χ2v) is 7.89. The summed E-state index contributed by atoms with van der Waals surface area (Å²) >= 11 is 5.87. The van der Waals surface area contributed by atoms with Crippen LogP contribution in [-0.2, 0) is 14.8 Å². The number of hydrogen-bond acceptors (Lipinski definition) is 5. The van der Waals surface area contributed by atoms with E-state index in [2.05, 4.69) is 10.4 Å². The maximum atomic E-state index is 12.4. The molecule has 0 saturated heterocycles. The summed E-state index contributed by atoms with van der Waals surface area (Å²) in [6.45, 7) is 0. The molecule has 10 heteroatoms. The monoisotopic (exact) mass is 427 g/mol. The zero-order valence-electron chi connectivity index (χ0n) is 14.8. The van der Waals surface area contributed by atoms with Gasteiger partial charge in [-0.2, -0.15) is 10.4 Å². The van der Waals surface area contributed by atoms with E-state index in [1.807, 2.05) is 6.07 Å². The number of halogens is 1. The summed E-state index contributed by atoms with van der Waals surface area (Å²) in [6.07, 6.45) is 4.57. The first-order chi connectivity index (χ1) is 13.8. The first-order valence-corrected chi connectivity index (χ1v) is 10.1. The van der Waals surface area contributed by atoms with Crippen molar-refractivity contribution >= 4 is 39.3 Å². The Hall–Kier alpha value is -3.45. The van der Waals surface area contributed by atoms with Crippen LogP contribution in [0.5, 0.6) is 0 Å². The zero-order valence-corrected chi connectivity index (χ0v) is 16.4. The van der Waals surface area contributed by atoms with Crippen molar-refractivity contribution in [3.05, 3.63) is 77.1 Å². The third kappa shape index (κ3) is 5.08. The van der Waals surface area contributed by atoms with Gasteiger partial charge in [0, 0.05) is 22.5 Å². The molecule has 146 valence electrons. The van der Waals surface area contributed by atoms with Gasteiger partial charge in [0.2, 0.25) is 10.0 Å². The van der Waals surface area contributed by atoms with Crippen molar-refractivity contribution < 1.29 is 13.2 Å². The van der Waals surface area contributed by atoms with Crippen LogP contribution in [0.15, 0.2) is 71.4 Å². The minimum Gasteiger partial charge on any atom is -0.321 e. The number of carbonyl (C=O) groups is 1. The molecule has 0 unspecified atom stereocenters. The van der Waals surface area contributed by atoms with Gasteiger partial charge >= 0.3 is 0 Å². The van der Waals surface area contributed by atoms with Gasteiger partial charge in [0.1, 0.15) is 11.6 Å². The summed E-state index contributed by atoms with van der Waals surface area (Å²) in [5.41, 5.74) is 1.50. The highest BCUT2D eigenvalue weighted by Gasteiger charge is 2.12. The number of hydrogen-bond donors (Lipinski definition) is 2. The molecule has 3 rings (SSSR count). The van der Waals surface area contributed by atoms with E-state index in [1.165, 1.54) is 36.5 Å². The molecule has 3 aromatic rings. The highest BCUT2D eigenvalue weighted by Crippen LogP contribution is 2.16. The molecule has 8 nitrogen and oxygen atoms in total. The fraction of sp³-hybridized carbons (Fsp3) is 0. The number of nitriles is 1. The third-order valence-electron chi connectivity index (χ3n) is 3.81. The van der Waals surface area contributed by atoms with Crippen molar-refractivity contribution in [2.24, 2.45) is 5.14 Å². The lowest BCUT2D eigenvalue weighted by atomic mass is 10.2. The van der Waals surface area contributed by atoms with Crippen LogP contribution < -0.4 is 10.5 Å². The number of primary sulfonamides is 1. The molecule has 0 bridgehead atoms. The largest absolute Gasteiger partial charge is 0.321 e. The molecule has 2 aromatic carbocycles. The molecule has 0 saturated carbocycles. The molecule has 0 atom stereocenters. The van der Waals surface area contributed by atoms with Gasteiger partial charge in [-0.3, -0.25) is 4.79 Å². The topological polar surface area (TPSA) is 131 Å². The predicted molar refractivity (Wildman–Crippen MR) is 109 cm³/mol. The Kier molecular flexibility index (Phi) is 5.79. The van der Waals surface area contributed by atoms with Gasteiger partial charge < -0.3 is 5.32 Å². The van der Waals surface area contributed by atoms with E-state index in [0.29, 0.717) is 16.3 Å². The number of rotatable bonds is 5. The van der Waals surface area contributed by atoms with Crippen LogP contribution in [0.2, 0.25) is 5.02 Å². The normalized spacial score (nSPS) is 11.7. The fourth-order valence-corrected chi connectivity index (χ4v) is 3.03. The second-order valence-electron chi connectivity index (χ2n) is 5.89. The van der Waals surface area contributed by atoms with Crippen molar-refractivity contribution in [3.63, 3.8) is 0 Å². The minimum absolute atomic E-state index is 0.0823. The van der Waals surface area contributed by atoms with Crippen LogP contribution in [0.3, 0.4) is 0 Å². The van der Waals surface area contributed by atoms with Crippen LogP contribution in [0, 0.1) is 11.3 Å². The predicted octanol–water partition coefficient (Wildman–Crippen LogP) is 2.72.